The molecule has 0 aliphatic rings. The zero-order valence-electron chi connectivity index (χ0n) is 20.5. The summed E-state index contributed by atoms with van der Waals surface area (Å²) in [6, 6.07) is 19.2. The van der Waals surface area contributed by atoms with Crippen molar-refractivity contribution in [1.29, 1.82) is 0 Å². The number of aliphatic hydroxyl groups excluding tert-OH is 1. The van der Waals surface area contributed by atoms with E-state index in [0.717, 1.165) is 29.2 Å². The highest BCUT2D eigenvalue weighted by molar-refractivity contribution is 5.73. The molecule has 2 atom stereocenters. The molecule has 3 rings (SSSR count). The Morgan fingerprint density at radius 2 is 1.60 bits per heavy atom. The molecule has 0 radical (unpaired) electrons. The molecule has 3 aromatic rings. The van der Waals surface area contributed by atoms with E-state index in [-0.39, 0.29) is 18.9 Å². The largest absolute Gasteiger partial charge is 0.390 e. The number of aliphatic hydroxyl groups is 1. The minimum Gasteiger partial charge on any atom is -0.390 e. The molecular formula is C29H34F2N2O2. The first kappa shape index (κ1) is 26.5. The first-order chi connectivity index (χ1) is 16.7. The molecule has 0 aromatic heterocycles. The number of hydrogen-bond acceptors (Lipinski definition) is 3. The van der Waals surface area contributed by atoms with Gasteiger partial charge in [-0.1, -0.05) is 62.4 Å². The van der Waals surface area contributed by atoms with E-state index in [1.165, 1.54) is 24.6 Å². The number of amides is 1. The summed E-state index contributed by atoms with van der Waals surface area (Å²) in [7, 11) is 0. The zero-order chi connectivity index (χ0) is 25.4. The monoisotopic (exact) mass is 480 g/mol. The van der Waals surface area contributed by atoms with Crippen molar-refractivity contribution in [3.05, 3.63) is 95.1 Å². The lowest BCUT2D eigenvalue weighted by Gasteiger charge is -2.24. The second-order valence-electron chi connectivity index (χ2n) is 9.44. The average molecular weight is 481 g/mol. The van der Waals surface area contributed by atoms with Gasteiger partial charge in [-0.2, -0.15) is 0 Å². The van der Waals surface area contributed by atoms with Crippen LogP contribution in [0.5, 0.6) is 0 Å². The maximum absolute atomic E-state index is 13.6. The van der Waals surface area contributed by atoms with Crippen molar-refractivity contribution in [3.63, 3.8) is 0 Å². The fourth-order valence-electron chi connectivity index (χ4n) is 4.32. The van der Waals surface area contributed by atoms with Gasteiger partial charge in [0.1, 0.15) is 11.6 Å². The molecule has 0 aliphatic heterocycles. The van der Waals surface area contributed by atoms with Crippen molar-refractivity contribution < 1.29 is 18.7 Å². The summed E-state index contributed by atoms with van der Waals surface area (Å²) >= 11 is 0. The van der Waals surface area contributed by atoms with Gasteiger partial charge < -0.3 is 15.7 Å². The Balaban J connectivity index is 1.73. The molecule has 6 heteroatoms. The fraction of sp³-hybridized carbons (Fsp3) is 0.345. The third kappa shape index (κ3) is 8.26. The molecule has 0 aliphatic carbocycles. The van der Waals surface area contributed by atoms with Gasteiger partial charge in [0.2, 0.25) is 5.91 Å². The van der Waals surface area contributed by atoms with Crippen LogP contribution in [0.4, 0.5) is 8.78 Å². The number of nitrogens with one attached hydrogen (secondary N) is 2. The van der Waals surface area contributed by atoms with Gasteiger partial charge in [0.15, 0.2) is 0 Å². The lowest BCUT2D eigenvalue weighted by atomic mass is 9.94. The minimum absolute atomic E-state index is 0.107. The number of hydrogen-bond donors (Lipinski definition) is 3. The van der Waals surface area contributed by atoms with E-state index >= 15 is 0 Å². The van der Waals surface area contributed by atoms with E-state index in [1.807, 2.05) is 18.2 Å². The topological polar surface area (TPSA) is 61.4 Å². The molecule has 1 amide bonds. The summed E-state index contributed by atoms with van der Waals surface area (Å²) in [4.78, 5) is 11.7. The lowest BCUT2D eigenvalue weighted by Crippen LogP contribution is -2.48. The highest BCUT2D eigenvalue weighted by atomic mass is 19.1. The predicted molar refractivity (Wildman–Crippen MR) is 136 cm³/mol. The Hall–Kier alpha value is -3.09. The van der Waals surface area contributed by atoms with Crippen LogP contribution in [0.3, 0.4) is 0 Å². The Labute approximate surface area is 206 Å². The lowest BCUT2D eigenvalue weighted by molar-refractivity contribution is -0.120. The SMILES string of the molecule is CC(=O)N[C@@H](Cc1cc(F)cc(F)c1)[C@H](O)CNCc1cc(CC(C)C)ccc1-c1ccccc1. The van der Waals surface area contributed by atoms with Crippen LogP contribution in [0.25, 0.3) is 11.1 Å². The van der Waals surface area contributed by atoms with Crippen LogP contribution in [0, 0.1) is 17.6 Å². The molecule has 0 bridgehead atoms. The fourth-order valence-corrected chi connectivity index (χ4v) is 4.32. The van der Waals surface area contributed by atoms with Crippen molar-refractivity contribution in [3.8, 4) is 11.1 Å². The second kappa shape index (κ2) is 12.6. The van der Waals surface area contributed by atoms with Gasteiger partial charge in [-0.05, 0) is 58.7 Å². The predicted octanol–water partition coefficient (Wildman–Crippen LogP) is 5.03. The van der Waals surface area contributed by atoms with E-state index in [4.69, 9.17) is 0 Å². The van der Waals surface area contributed by atoms with Gasteiger partial charge in [0.05, 0.1) is 12.1 Å². The molecule has 4 nitrogen and oxygen atoms in total. The summed E-state index contributed by atoms with van der Waals surface area (Å²) in [6.07, 6.45) is 0.125. The number of carbonyl (C=O) groups excluding carboxylic acids is 1. The molecule has 0 fully saturated rings. The zero-order valence-corrected chi connectivity index (χ0v) is 20.5. The van der Waals surface area contributed by atoms with Crippen LogP contribution in [-0.4, -0.2) is 29.7 Å². The highest BCUT2D eigenvalue weighted by Crippen LogP contribution is 2.26. The van der Waals surface area contributed by atoms with Crippen molar-refractivity contribution in [2.75, 3.05) is 6.54 Å². The van der Waals surface area contributed by atoms with Crippen LogP contribution in [0.15, 0.2) is 66.7 Å². The van der Waals surface area contributed by atoms with Gasteiger partial charge in [-0.25, -0.2) is 8.78 Å². The minimum atomic E-state index is -0.954. The second-order valence-corrected chi connectivity index (χ2v) is 9.44. The van der Waals surface area contributed by atoms with E-state index < -0.39 is 23.8 Å². The van der Waals surface area contributed by atoms with E-state index in [0.29, 0.717) is 18.0 Å². The molecule has 0 saturated carbocycles. The summed E-state index contributed by atoms with van der Waals surface area (Å²) < 4.78 is 27.2. The van der Waals surface area contributed by atoms with Gasteiger partial charge in [0.25, 0.3) is 0 Å². The Bertz CT molecular complexity index is 1100. The molecule has 0 saturated heterocycles. The molecule has 35 heavy (non-hydrogen) atoms. The van der Waals surface area contributed by atoms with E-state index in [2.05, 4.69) is 54.8 Å². The van der Waals surface area contributed by atoms with Gasteiger partial charge in [-0.3, -0.25) is 4.79 Å². The maximum atomic E-state index is 13.6. The molecule has 186 valence electrons. The van der Waals surface area contributed by atoms with Crippen molar-refractivity contribution >= 4 is 5.91 Å². The number of carbonyl (C=O) groups is 1. The average Bonchev–Trinajstić information content (AvgIpc) is 2.78. The van der Waals surface area contributed by atoms with Crippen molar-refractivity contribution in [1.82, 2.24) is 10.6 Å². The number of benzene rings is 3. The third-order valence-corrected chi connectivity index (χ3v) is 5.80. The van der Waals surface area contributed by atoms with E-state index in [9.17, 15) is 18.7 Å². The quantitative estimate of drug-likeness (QED) is 0.361. The molecule has 0 spiro atoms. The van der Waals surface area contributed by atoms with Crippen LogP contribution in [0.2, 0.25) is 0 Å². The Kier molecular flexibility index (Phi) is 9.52. The molecule has 0 heterocycles. The Morgan fingerprint density at radius 1 is 0.914 bits per heavy atom. The molecule has 3 N–H and O–H groups in total. The van der Waals surface area contributed by atoms with Crippen LogP contribution >= 0.6 is 0 Å². The number of halogens is 2. The molecule has 3 aromatic carbocycles. The van der Waals surface area contributed by atoms with Gasteiger partial charge in [0, 0.05) is 26.1 Å². The van der Waals surface area contributed by atoms with Crippen LogP contribution in [0.1, 0.15) is 37.5 Å². The maximum Gasteiger partial charge on any atom is 0.217 e. The first-order valence-corrected chi connectivity index (χ1v) is 12.0. The molecule has 0 unspecified atom stereocenters. The van der Waals surface area contributed by atoms with Crippen LogP contribution < -0.4 is 10.6 Å². The van der Waals surface area contributed by atoms with Crippen LogP contribution in [-0.2, 0) is 24.2 Å². The summed E-state index contributed by atoms with van der Waals surface area (Å²) in [5.74, 6) is -1.17. The highest BCUT2D eigenvalue weighted by Gasteiger charge is 2.21. The third-order valence-electron chi connectivity index (χ3n) is 5.80. The van der Waals surface area contributed by atoms with Crippen molar-refractivity contribution in [2.45, 2.75) is 52.3 Å². The molecular weight excluding hydrogens is 446 g/mol. The standard InChI is InChI=1S/C29H34F2N2O2/c1-19(2)11-21-9-10-27(23-7-5-4-6-8-23)24(12-21)17-32-18-29(35)28(33-20(3)34)15-22-13-25(30)16-26(31)14-22/h4-10,12-14,16,19,28-29,32,35H,11,15,17-18H2,1-3H3,(H,33,34)/t28-,29+/m0/s1. The summed E-state index contributed by atoms with van der Waals surface area (Å²) in [5.41, 5.74) is 4.97. The number of rotatable bonds is 11. The van der Waals surface area contributed by atoms with Crippen molar-refractivity contribution in [2.24, 2.45) is 5.92 Å². The Morgan fingerprint density at radius 3 is 2.23 bits per heavy atom. The summed E-state index contributed by atoms with van der Waals surface area (Å²) in [5, 5.41) is 16.8. The smallest absolute Gasteiger partial charge is 0.217 e. The summed E-state index contributed by atoms with van der Waals surface area (Å²) in [6.45, 7) is 6.45. The first-order valence-electron chi connectivity index (χ1n) is 12.0. The normalized spacial score (nSPS) is 13.0. The van der Waals surface area contributed by atoms with Gasteiger partial charge >= 0.3 is 0 Å². The van der Waals surface area contributed by atoms with E-state index in [1.54, 1.807) is 0 Å². The van der Waals surface area contributed by atoms with Gasteiger partial charge in [-0.15, -0.1) is 0 Å².